The van der Waals surface area contributed by atoms with E-state index in [4.69, 9.17) is 10.00 Å². The summed E-state index contributed by atoms with van der Waals surface area (Å²) in [5.41, 5.74) is 1.55. The van der Waals surface area contributed by atoms with E-state index in [1.165, 1.54) is 0 Å². The molecular formula is C14H14N4O. The van der Waals surface area contributed by atoms with Crippen LogP contribution in [0.1, 0.15) is 23.9 Å². The Balaban J connectivity index is 2.07. The van der Waals surface area contributed by atoms with Crippen molar-refractivity contribution in [1.29, 1.82) is 5.26 Å². The van der Waals surface area contributed by atoms with Gasteiger partial charge in [0.2, 0.25) is 0 Å². The number of hydrogen-bond acceptors (Lipinski definition) is 4. The zero-order chi connectivity index (χ0) is 13.2. The molecule has 1 fully saturated rings. The highest BCUT2D eigenvalue weighted by Gasteiger charge is 2.23. The second kappa shape index (κ2) is 4.82. The minimum atomic E-state index is 0.288. The first-order chi connectivity index (χ1) is 9.29. The smallest absolute Gasteiger partial charge is 0.164 e. The van der Waals surface area contributed by atoms with E-state index < -0.39 is 0 Å². The summed E-state index contributed by atoms with van der Waals surface area (Å²) in [7, 11) is 0. The van der Waals surface area contributed by atoms with Crippen LogP contribution in [0.3, 0.4) is 0 Å². The Kier molecular flexibility index (Phi) is 3.02. The molecule has 96 valence electrons. The molecule has 0 saturated carbocycles. The highest BCUT2D eigenvalue weighted by molar-refractivity contribution is 5.58. The van der Waals surface area contributed by atoms with Crippen molar-refractivity contribution in [2.75, 3.05) is 13.2 Å². The highest BCUT2D eigenvalue weighted by atomic mass is 16.5. The second-order valence-electron chi connectivity index (χ2n) is 4.65. The Morgan fingerprint density at radius 2 is 2.32 bits per heavy atom. The molecule has 0 radical (unpaired) electrons. The van der Waals surface area contributed by atoms with Gasteiger partial charge in [0.25, 0.3) is 0 Å². The lowest BCUT2D eigenvalue weighted by molar-refractivity contribution is 0.186. The van der Waals surface area contributed by atoms with E-state index >= 15 is 0 Å². The predicted octanol–water partition coefficient (Wildman–Crippen LogP) is 2.09. The molecule has 1 aliphatic rings. The first kappa shape index (κ1) is 11.9. The van der Waals surface area contributed by atoms with Crippen molar-refractivity contribution in [1.82, 2.24) is 14.8 Å². The van der Waals surface area contributed by atoms with Crippen molar-refractivity contribution >= 4 is 0 Å². The van der Waals surface area contributed by atoms with Crippen LogP contribution in [0.2, 0.25) is 0 Å². The Bertz CT molecular complexity index is 635. The first-order valence-electron chi connectivity index (χ1n) is 6.29. The molecule has 3 rings (SSSR count). The quantitative estimate of drug-likeness (QED) is 0.823. The molecular weight excluding hydrogens is 240 g/mol. The van der Waals surface area contributed by atoms with Gasteiger partial charge < -0.3 is 9.30 Å². The molecule has 5 nitrogen and oxygen atoms in total. The predicted molar refractivity (Wildman–Crippen MR) is 69.4 cm³/mol. The fourth-order valence-electron chi connectivity index (χ4n) is 2.46. The van der Waals surface area contributed by atoms with Gasteiger partial charge in [-0.15, -0.1) is 10.2 Å². The molecule has 1 atom stereocenters. The number of benzene rings is 1. The minimum absolute atomic E-state index is 0.288. The maximum Gasteiger partial charge on any atom is 0.164 e. The van der Waals surface area contributed by atoms with Crippen LogP contribution in [-0.4, -0.2) is 28.0 Å². The number of ether oxygens (including phenoxy) is 1. The van der Waals surface area contributed by atoms with Crippen LogP contribution in [0.5, 0.6) is 0 Å². The molecule has 0 amide bonds. The van der Waals surface area contributed by atoms with Crippen LogP contribution >= 0.6 is 0 Å². The monoisotopic (exact) mass is 254 g/mol. The van der Waals surface area contributed by atoms with Crippen molar-refractivity contribution in [2.24, 2.45) is 0 Å². The molecule has 2 heterocycles. The molecule has 0 aliphatic carbocycles. The molecule has 5 heteroatoms. The lowest BCUT2D eigenvalue weighted by atomic mass is 10.1. The molecule has 1 aromatic heterocycles. The molecule has 1 aromatic carbocycles. The van der Waals surface area contributed by atoms with Crippen LogP contribution < -0.4 is 0 Å². The number of hydrogen-bond donors (Lipinski definition) is 0. The summed E-state index contributed by atoms with van der Waals surface area (Å²) in [4.78, 5) is 0. The average Bonchev–Trinajstić information content (AvgIpc) is 3.07. The van der Waals surface area contributed by atoms with Crippen LogP contribution in [0.25, 0.3) is 11.4 Å². The number of rotatable bonds is 2. The molecule has 1 unspecified atom stereocenters. The Hall–Kier alpha value is -2.19. The highest BCUT2D eigenvalue weighted by Crippen LogP contribution is 2.27. The van der Waals surface area contributed by atoms with E-state index in [1.807, 2.05) is 25.1 Å². The van der Waals surface area contributed by atoms with Crippen LogP contribution in [-0.2, 0) is 4.74 Å². The summed E-state index contributed by atoms with van der Waals surface area (Å²) in [6, 6.07) is 9.89. The maximum atomic E-state index is 8.98. The number of nitriles is 1. The van der Waals surface area contributed by atoms with Gasteiger partial charge in [-0.1, -0.05) is 12.1 Å². The van der Waals surface area contributed by atoms with Crippen LogP contribution in [0, 0.1) is 18.3 Å². The third-order valence-corrected chi connectivity index (χ3v) is 3.39. The third-order valence-electron chi connectivity index (χ3n) is 3.39. The summed E-state index contributed by atoms with van der Waals surface area (Å²) in [6.07, 6.45) is 0.976. The van der Waals surface area contributed by atoms with E-state index in [2.05, 4.69) is 20.8 Å². The molecule has 1 aliphatic heterocycles. The van der Waals surface area contributed by atoms with Gasteiger partial charge in [0.15, 0.2) is 5.82 Å². The molecule has 0 N–H and O–H groups in total. The molecule has 0 spiro atoms. The Morgan fingerprint density at radius 1 is 1.42 bits per heavy atom. The van der Waals surface area contributed by atoms with Crippen molar-refractivity contribution < 1.29 is 4.74 Å². The largest absolute Gasteiger partial charge is 0.379 e. The first-order valence-corrected chi connectivity index (χ1v) is 6.29. The summed E-state index contributed by atoms with van der Waals surface area (Å²) < 4.78 is 7.56. The van der Waals surface area contributed by atoms with Gasteiger partial charge in [0.05, 0.1) is 24.3 Å². The summed E-state index contributed by atoms with van der Waals surface area (Å²) in [6.45, 7) is 3.42. The van der Waals surface area contributed by atoms with Crippen LogP contribution in [0.15, 0.2) is 24.3 Å². The zero-order valence-electron chi connectivity index (χ0n) is 10.7. The molecule has 1 saturated heterocycles. The van der Waals surface area contributed by atoms with Crippen molar-refractivity contribution in [3.8, 4) is 17.5 Å². The minimum Gasteiger partial charge on any atom is -0.379 e. The SMILES string of the molecule is Cc1nnc(-c2cccc(C#N)c2)n1C1CCOC1. The van der Waals surface area contributed by atoms with E-state index in [0.29, 0.717) is 12.2 Å². The second-order valence-corrected chi connectivity index (χ2v) is 4.65. The van der Waals surface area contributed by atoms with E-state index in [9.17, 15) is 0 Å². The lowest BCUT2D eigenvalue weighted by Gasteiger charge is -2.14. The molecule has 19 heavy (non-hydrogen) atoms. The molecule has 0 bridgehead atoms. The van der Waals surface area contributed by atoms with Gasteiger partial charge in [-0.3, -0.25) is 0 Å². The van der Waals surface area contributed by atoms with E-state index in [-0.39, 0.29) is 6.04 Å². The van der Waals surface area contributed by atoms with Gasteiger partial charge >= 0.3 is 0 Å². The van der Waals surface area contributed by atoms with Crippen molar-refractivity contribution in [3.05, 3.63) is 35.7 Å². The Labute approximate surface area is 111 Å². The standard InChI is InChI=1S/C14H14N4O/c1-10-16-17-14(18(10)13-5-6-19-9-13)12-4-2-3-11(7-12)8-15/h2-4,7,13H,5-6,9H2,1H3. The van der Waals surface area contributed by atoms with Gasteiger partial charge in [-0.2, -0.15) is 5.26 Å². The van der Waals surface area contributed by atoms with Crippen LogP contribution in [0.4, 0.5) is 0 Å². The zero-order valence-corrected chi connectivity index (χ0v) is 10.7. The third kappa shape index (κ3) is 2.11. The van der Waals surface area contributed by atoms with Crippen molar-refractivity contribution in [2.45, 2.75) is 19.4 Å². The van der Waals surface area contributed by atoms with Gasteiger partial charge in [0, 0.05) is 12.2 Å². The van der Waals surface area contributed by atoms with Gasteiger partial charge in [-0.25, -0.2) is 0 Å². The molecule has 2 aromatic rings. The van der Waals surface area contributed by atoms with E-state index in [0.717, 1.165) is 30.2 Å². The number of aryl methyl sites for hydroxylation is 1. The summed E-state index contributed by atoms with van der Waals surface area (Å²) in [5, 5.41) is 17.4. The number of aromatic nitrogens is 3. The fourth-order valence-corrected chi connectivity index (χ4v) is 2.46. The average molecular weight is 254 g/mol. The topological polar surface area (TPSA) is 63.7 Å². The van der Waals surface area contributed by atoms with Gasteiger partial charge in [-0.05, 0) is 25.5 Å². The van der Waals surface area contributed by atoms with Crippen molar-refractivity contribution in [3.63, 3.8) is 0 Å². The fraction of sp³-hybridized carbons (Fsp3) is 0.357. The Morgan fingerprint density at radius 3 is 3.05 bits per heavy atom. The van der Waals surface area contributed by atoms with E-state index in [1.54, 1.807) is 6.07 Å². The van der Waals surface area contributed by atoms with Gasteiger partial charge in [0.1, 0.15) is 5.82 Å². The lowest BCUT2D eigenvalue weighted by Crippen LogP contribution is -2.12. The summed E-state index contributed by atoms with van der Waals surface area (Å²) in [5.74, 6) is 1.69. The number of nitrogens with zero attached hydrogens (tertiary/aromatic N) is 4. The normalized spacial score (nSPS) is 18.4. The maximum absolute atomic E-state index is 8.98. The summed E-state index contributed by atoms with van der Waals surface area (Å²) >= 11 is 0.